The van der Waals surface area contributed by atoms with Crippen LogP contribution >= 0.6 is 0 Å². The first-order valence-electron chi connectivity index (χ1n) is 7.32. The maximum Gasteiger partial charge on any atom is 0.221 e. The van der Waals surface area contributed by atoms with Crippen molar-refractivity contribution >= 4 is 21.4 Å². The molecule has 2 rings (SSSR count). The molecule has 1 aliphatic rings. The third-order valence-electron chi connectivity index (χ3n) is 3.75. The summed E-state index contributed by atoms with van der Waals surface area (Å²) in [5.74, 6) is -0.611. The van der Waals surface area contributed by atoms with Gasteiger partial charge in [0.1, 0.15) is 15.7 Å². The van der Waals surface area contributed by atoms with Gasteiger partial charge in [-0.25, -0.2) is 12.8 Å². The van der Waals surface area contributed by atoms with Crippen molar-refractivity contribution in [2.45, 2.75) is 25.3 Å². The summed E-state index contributed by atoms with van der Waals surface area (Å²) < 4.78 is 35.8. The summed E-state index contributed by atoms with van der Waals surface area (Å²) in [4.78, 5) is 13.7. The molecule has 0 radical (unpaired) electrons. The fraction of sp³-hybridized carbons (Fsp3) is 0.533. The molecule has 1 heterocycles. The molecule has 1 amide bonds. The molecule has 0 aromatic heterocycles. The summed E-state index contributed by atoms with van der Waals surface area (Å²) in [5.41, 5.74) is 0.587. The summed E-state index contributed by atoms with van der Waals surface area (Å²) in [6.45, 7) is 1.33. The van der Waals surface area contributed by atoms with Crippen LogP contribution in [-0.2, 0) is 14.6 Å². The summed E-state index contributed by atoms with van der Waals surface area (Å²) >= 11 is 0. The first-order chi connectivity index (χ1) is 10.3. The van der Waals surface area contributed by atoms with Crippen LogP contribution in [0.1, 0.15) is 19.3 Å². The topological polar surface area (TPSA) is 66.5 Å². The maximum atomic E-state index is 13.7. The first kappa shape index (κ1) is 16.7. The number of sulfone groups is 1. The minimum atomic E-state index is -3.12. The number of carbonyl (C=O) groups is 1. The second kappa shape index (κ2) is 7.09. The predicted octanol–water partition coefficient (Wildman–Crippen LogP) is 1.35. The lowest BCUT2D eigenvalue weighted by Gasteiger charge is -2.34. The van der Waals surface area contributed by atoms with Gasteiger partial charge in [-0.3, -0.25) is 4.79 Å². The number of halogens is 1. The smallest absolute Gasteiger partial charge is 0.221 e. The minimum absolute atomic E-state index is 0.00758. The quantitative estimate of drug-likeness (QED) is 0.886. The van der Waals surface area contributed by atoms with Crippen LogP contribution in [0.4, 0.5) is 10.1 Å². The summed E-state index contributed by atoms with van der Waals surface area (Å²) in [7, 11) is -3.12. The fourth-order valence-corrected chi connectivity index (χ4v) is 3.11. The minimum Gasteiger partial charge on any atom is -0.369 e. The number of para-hydroxylation sites is 1. The molecule has 0 atom stereocenters. The molecule has 22 heavy (non-hydrogen) atoms. The van der Waals surface area contributed by atoms with E-state index >= 15 is 0 Å². The van der Waals surface area contributed by atoms with Crippen LogP contribution in [0, 0.1) is 5.82 Å². The summed E-state index contributed by atoms with van der Waals surface area (Å²) in [6, 6.07) is 6.68. The molecule has 7 heteroatoms. The van der Waals surface area contributed by atoms with E-state index in [2.05, 4.69) is 5.32 Å². The van der Waals surface area contributed by atoms with Crippen LogP contribution in [0.25, 0.3) is 0 Å². The number of hydrogen-bond acceptors (Lipinski definition) is 4. The SMILES string of the molecule is CS(=O)(=O)CCC(=O)NC1CCN(c2ccccc2F)CC1. The zero-order valence-corrected chi connectivity index (χ0v) is 13.4. The number of nitrogens with zero attached hydrogens (tertiary/aromatic N) is 1. The zero-order chi connectivity index (χ0) is 16.2. The van der Waals surface area contributed by atoms with Crippen molar-refractivity contribution < 1.29 is 17.6 Å². The number of amides is 1. The van der Waals surface area contributed by atoms with Crippen molar-refractivity contribution in [2.75, 3.05) is 30.0 Å². The Morgan fingerprint density at radius 2 is 1.95 bits per heavy atom. The van der Waals surface area contributed by atoms with E-state index in [-0.39, 0.29) is 29.9 Å². The number of anilines is 1. The second-order valence-electron chi connectivity index (χ2n) is 5.66. The van der Waals surface area contributed by atoms with Crippen molar-refractivity contribution in [1.82, 2.24) is 5.32 Å². The molecule has 1 aliphatic heterocycles. The lowest BCUT2D eigenvalue weighted by Crippen LogP contribution is -2.45. The average Bonchev–Trinajstić information content (AvgIpc) is 2.46. The van der Waals surface area contributed by atoms with E-state index in [1.54, 1.807) is 18.2 Å². The van der Waals surface area contributed by atoms with Crippen molar-refractivity contribution in [3.8, 4) is 0 Å². The molecule has 122 valence electrons. The van der Waals surface area contributed by atoms with E-state index in [9.17, 15) is 17.6 Å². The Morgan fingerprint density at radius 1 is 1.32 bits per heavy atom. The molecule has 1 aromatic carbocycles. The molecule has 0 saturated carbocycles. The van der Waals surface area contributed by atoms with Gasteiger partial charge in [0.05, 0.1) is 11.4 Å². The molecule has 1 fully saturated rings. The van der Waals surface area contributed by atoms with Gasteiger partial charge < -0.3 is 10.2 Å². The molecule has 1 N–H and O–H groups in total. The summed E-state index contributed by atoms with van der Waals surface area (Å²) in [6.07, 6.45) is 2.55. The van der Waals surface area contributed by atoms with Crippen LogP contribution < -0.4 is 10.2 Å². The molecule has 1 saturated heterocycles. The Hall–Kier alpha value is -1.63. The molecule has 5 nitrogen and oxygen atoms in total. The Balaban J connectivity index is 1.80. The number of nitrogens with one attached hydrogen (secondary N) is 1. The summed E-state index contributed by atoms with van der Waals surface area (Å²) in [5, 5.41) is 2.85. The van der Waals surface area contributed by atoms with E-state index in [0.29, 0.717) is 18.8 Å². The molecule has 0 aliphatic carbocycles. The van der Waals surface area contributed by atoms with Gasteiger partial charge >= 0.3 is 0 Å². The normalized spacial score (nSPS) is 16.5. The third kappa shape index (κ3) is 4.98. The number of piperidine rings is 1. The third-order valence-corrected chi connectivity index (χ3v) is 4.70. The van der Waals surface area contributed by atoms with Gasteiger partial charge in [-0.05, 0) is 25.0 Å². The lowest BCUT2D eigenvalue weighted by molar-refractivity contribution is -0.121. The largest absolute Gasteiger partial charge is 0.369 e. The Kier molecular flexibility index (Phi) is 5.39. The van der Waals surface area contributed by atoms with Gasteiger partial charge in [0.15, 0.2) is 0 Å². The number of carbonyl (C=O) groups excluding carboxylic acids is 1. The average molecular weight is 328 g/mol. The molecule has 0 bridgehead atoms. The fourth-order valence-electron chi connectivity index (χ4n) is 2.55. The van der Waals surface area contributed by atoms with Gasteiger partial charge in [0, 0.05) is 31.8 Å². The van der Waals surface area contributed by atoms with Crippen molar-refractivity contribution in [1.29, 1.82) is 0 Å². The molecular formula is C15H21FN2O3S. The molecule has 0 spiro atoms. The second-order valence-corrected chi connectivity index (χ2v) is 7.92. The van der Waals surface area contributed by atoms with Crippen LogP contribution in [-0.4, -0.2) is 45.5 Å². The highest BCUT2D eigenvalue weighted by atomic mass is 32.2. The first-order valence-corrected chi connectivity index (χ1v) is 9.38. The van der Waals surface area contributed by atoms with Gasteiger partial charge in [-0.1, -0.05) is 12.1 Å². The van der Waals surface area contributed by atoms with E-state index in [4.69, 9.17) is 0 Å². The molecule has 0 unspecified atom stereocenters. The van der Waals surface area contributed by atoms with Crippen LogP contribution in [0.3, 0.4) is 0 Å². The van der Waals surface area contributed by atoms with Gasteiger partial charge in [-0.15, -0.1) is 0 Å². The van der Waals surface area contributed by atoms with Gasteiger partial charge in [0.25, 0.3) is 0 Å². The van der Waals surface area contributed by atoms with E-state index < -0.39 is 9.84 Å². The Bertz CT molecular complexity index is 625. The zero-order valence-electron chi connectivity index (χ0n) is 12.6. The van der Waals surface area contributed by atoms with Crippen molar-refractivity contribution in [3.05, 3.63) is 30.1 Å². The van der Waals surface area contributed by atoms with E-state index in [1.807, 2.05) is 4.90 Å². The number of rotatable bonds is 5. The van der Waals surface area contributed by atoms with E-state index in [0.717, 1.165) is 19.1 Å². The molecular weight excluding hydrogens is 307 g/mol. The van der Waals surface area contributed by atoms with Crippen LogP contribution in [0.15, 0.2) is 24.3 Å². The maximum absolute atomic E-state index is 13.7. The highest BCUT2D eigenvalue weighted by Crippen LogP contribution is 2.22. The highest BCUT2D eigenvalue weighted by Gasteiger charge is 2.22. The van der Waals surface area contributed by atoms with Crippen LogP contribution in [0.5, 0.6) is 0 Å². The monoisotopic (exact) mass is 328 g/mol. The van der Waals surface area contributed by atoms with Gasteiger partial charge in [-0.2, -0.15) is 0 Å². The lowest BCUT2D eigenvalue weighted by atomic mass is 10.0. The predicted molar refractivity (Wildman–Crippen MR) is 84.1 cm³/mol. The number of benzene rings is 1. The Morgan fingerprint density at radius 3 is 2.55 bits per heavy atom. The Labute approximate surface area is 130 Å². The van der Waals surface area contributed by atoms with E-state index in [1.165, 1.54) is 6.07 Å². The van der Waals surface area contributed by atoms with Crippen molar-refractivity contribution in [3.63, 3.8) is 0 Å². The highest BCUT2D eigenvalue weighted by molar-refractivity contribution is 7.90. The molecule has 1 aromatic rings. The van der Waals surface area contributed by atoms with Gasteiger partial charge in [0.2, 0.25) is 5.91 Å². The van der Waals surface area contributed by atoms with Crippen molar-refractivity contribution in [2.24, 2.45) is 0 Å². The standard InChI is InChI=1S/C15H21FN2O3S/c1-22(20,21)11-8-15(19)17-12-6-9-18(10-7-12)14-5-3-2-4-13(14)16/h2-5,12H,6-11H2,1H3,(H,17,19). The van der Waals surface area contributed by atoms with Crippen LogP contribution in [0.2, 0.25) is 0 Å². The number of hydrogen-bond donors (Lipinski definition) is 1.